The van der Waals surface area contributed by atoms with Crippen molar-refractivity contribution < 1.29 is 13.2 Å². The zero-order valence-corrected chi connectivity index (χ0v) is 16.8. The highest BCUT2D eigenvalue weighted by atomic mass is 32.2. The van der Waals surface area contributed by atoms with Crippen LogP contribution in [0, 0.1) is 0 Å². The van der Waals surface area contributed by atoms with Crippen molar-refractivity contribution in [2.75, 3.05) is 12.4 Å². The van der Waals surface area contributed by atoms with Gasteiger partial charge in [-0.2, -0.15) is 4.31 Å². The lowest BCUT2D eigenvalue weighted by Gasteiger charge is -2.16. The molecule has 144 valence electrons. The van der Waals surface area contributed by atoms with Crippen LogP contribution in [-0.4, -0.2) is 36.7 Å². The fourth-order valence-electron chi connectivity index (χ4n) is 2.82. The quantitative estimate of drug-likeness (QED) is 0.666. The van der Waals surface area contributed by atoms with E-state index in [-0.39, 0.29) is 16.8 Å². The summed E-state index contributed by atoms with van der Waals surface area (Å²) in [5.41, 5.74) is 2.16. The molecule has 0 aliphatic heterocycles. The maximum Gasteiger partial charge on any atom is 0.257 e. The summed E-state index contributed by atoms with van der Waals surface area (Å²) in [4.78, 5) is 17.1. The Hall–Kier alpha value is -2.55. The fourth-order valence-corrected chi connectivity index (χ4v) is 4.95. The Morgan fingerprint density at radius 1 is 1.11 bits per heavy atom. The van der Waals surface area contributed by atoms with Gasteiger partial charge in [-0.3, -0.25) is 10.1 Å². The third-order valence-corrected chi connectivity index (χ3v) is 7.33. The molecule has 28 heavy (non-hydrogen) atoms. The van der Waals surface area contributed by atoms with Gasteiger partial charge in [-0.15, -0.1) is 11.3 Å². The molecule has 0 unspecified atom stereocenters. The van der Waals surface area contributed by atoms with Crippen molar-refractivity contribution in [3.63, 3.8) is 0 Å². The van der Waals surface area contributed by atoms with Gasteiger partial charge in [0.05, 0.1) is 10.6 Å². The van der Waals surface area contributed by atoms with Crippen LogP contribution >= 0.6 is 11.3 Å². The number of amides is 1. The Balaban J connectivity index is 1.46. The minimum absolute atomic E-state index is 0.0942. The predicted octanol–water partition coefficient (Wildman–Crippen LogP) is 3.85. The van der Waals surface area contributed by atoms with Crippen molar-refractivity contribution >= 4 is 32.4 Å². The number of rotatable bonds is 6. The van der Waals surface area contributed by atoms with Crippen molar-refractivity contribution in [1.29, 1.82) is 0 Å². The second kappa shape index (κ2) is 7.46. The average Bonchev–Trinajstić information content (AvgIpc) is 3.46. The van der Waals surface area contributed by atoms with Crippen LogP contribution in [0.2, 0.25) is 0 Å². The lowest BCUT2D eigenvalue weighted by Crippen LogP contribution is -2.29. The first kappa shape index (κ1) is 18.8. The first-order valence-corrected chi connectivity index (χ1v) is 11.2. The lowest BCUT2D eigenvalue weighted by atomic mass is 10.2. The molecule has 0 radical (unpaired) electrons. The molecule has 2 aromatic carbocycles. The van der Waals surface area contributed by atoms with E-state index in [2.05, 4.69) is 10.3 Å². The minimum atomic E-state index is -3.51. The first-order valence-electron chi connectivity index (χ1n) is 8.85. The number of benzene rings is 2. The van der Waals surface area contributed by atoms with E-state index in [4.69, 9.17) is 0 Å². The van der Waals surface area contributed by atoms with Gasteiger partial charge in [0.2, 0.25) is 10.0 Å². The number of nitrogens with one attached hydrogen (secondary N) is 1. The molecular weight excluding hydrogens is 394 g/mol. The zero-order valence-electron chi connectivity index (χ0n) is 15.2. The molecule has 1 aliphatic carbocycles. The molecule has 1 fully saturated rings. The molecule has 0 saturated heterocycles. The number of hydrogen-bond acceptors (Lipinski definition) is 5. The van der Waals surface area contributed by atoms with Crippen molar-refractivity contribution in [1.82, 2.24) is 9.29 Å². The Morgan fingerprint density at radius 3 is 2.43 bits per heavy atom. The topological polar surface area (TPSA) is 79.4 Å². The van der Waals surface area contributed by atoms with E-state index in [1.807, 2.05) is 35.7 Å². The highest BCUT2D eigenvalue weighted by Gasteiger charge is 2.35. The van der Waals surface area contributed by atoms with Crippen LogP contribution in [0.25, 0.3) is 11.3 Å². The normalized spacial score (nSPS) is 14.2. The van der Waals surface area contributed by atoms with Gasteiger partial charge in [0, 0.05) is 29.6 Å². The molecule has 3 aromatic rings. The van der Waals surface area contributed by atoms with Crippen LogP contribution in [0.1, 0.15) is 23.2 Å². The van der Waals surface area contributed by atoms with Crippen LogP contribution in [0.3, 0.4) is 0 Å². The SMILES string of the molecule is CN(C1CC1)S(=O)(=O)c1ccc(C(=O)Nc2nc(-c3ccccc3)cs2)cc1. The van der Waals surface area contributed by atoms with Crippen molar-refractivity contribution in [3.8, 4) is 11.3 Å². The smallest absolute Gasteiger partial charge is 0.257 e. The Bertz CT molecular complexity index is 1090. The molecule has 1 heterocycles. The molecule has 1 aromatic heterocycles. The minimum Gasteiger partial charge on any atom is -0.298 e. The van der Waals surface area contributed by atoms with Gasteiger partial charge in [-0.05, 0) is 37.1 Å². The molecule has 1 N–H and O–H groups in total. The van der Waals surface area contributed by atoms with Crippen LogP contribution in [-0.2, 0) is 10.0 Å². The van der Waals surface area contributed by atoms with E-state index < -0.39 is 10.0 Å². The van der Waals surface area contributed by atoms with Crippen LogP contribution < -0.4 is 5.32 Å². The Labute approximate surface area is 167 Å². The molecule has 1 amide bonds. The molecule has 4 rings (SSSR count). The summed E-state index contributed by atoms with van der Waals surface area (Å²) in [5, 5.41) is 5.14. The first-order chi connectivity index (χ1) is 13.4. The summed E-state index contributed by atoms with van der Waals surface area (Å²) in [5.74, 6) is -0.326. The number of carbonyl (C=O) groups is 1. The van der Waals surface area contributed by atoms with E-state index in [0.717, 1.165) is 24.1 Å². The molecule has 6 nitrogen and oxygen atoms in total. The zero-order chi connectivity index (χ0) is 19.7. The van der Waals surface area contributed by atoms with Crippen LogP contribution in [0.5, 0.6) is 0 Å². The van der Waals surface area contributed by atoms with Crippen LogP contribution in [0.4, 0.5) is 5.13 Å². The van der Waals surface area contributed by atoms with Gasteiger partial charge in [0.25, 0.3) is 5.91 Å². The third kappa shape index (κ3) is 3.84. The maximum absolute atomic E-state index is 12.5. The van der Waals surface area contributed by atoms with E-state index >= 15 is 0 Å². The Morgan fingerprint density at radius 2 is 1.79 bits per heavy atom. The lowest BCUT2D eigenvalue weighted by molar-refractivity contribution is 0.102. The third-order valence-electron chi connectivity index (χ3n) is 4.65. The van der Waals surface area contributed by atoms with Gasteiger partial charge in [-0.25, -0.2) is 13.4 Å². The summed E-state index contributed by atoms with van der Waals surface area (Å²) in [6, 6.07) is 15.8. The summed E-state index contributed by atoms with van der Waals surface area (Å²) < 4.78 is 26.5. The second-order valence-electron chi connectivity index (χ2n) is 6.63. The number of carbonyl (C=O) groups excluding carboxylic acids is 1. The molecule has 0 spiro atoms. The van der Waals surface area contributed by atoms with Crippen molar-refractivity contribution in [2.24, 2.45) is 0 Å². The van der Waals surface area contributed by atoms with Crippen molar-refractivity contribution in [2.45, 2.75) is 23.8 Å². The number of sulfonamides is 1. The van der Waals surface area contributed by atoms with Gasteiger partial charge in [0.1, 0.15) is 0 Å². The Kier molecular flexibility index (Phi) is 5.01. The number of hydrogen-bond donors (Lipinski definition) is 1. The van der Waals surface area contributed by atoms with Crippen LogP contribution in [0.15, 0.2) is 64.9 Å². The molecular formula is C20H19N3O3S2. The van der Waals surface area contributed by atoms with Gasteiger partial charge in [0.15, 0.2) is 5.13 Å². The highest BCUT2D eigenvalue weighted by molar-refractivity contribution is 7.89. The number of anilines is 1. The average molecular weight is 414 g/mol. The standard InChI is InChI=1S/C20H19N3O3S2/c1-23(16-9-10-16)28(25,26)17-11-7-15(8-12-17)19(24)22-20-21-18(13-27-20)14-5-3-2-4-6-14/h2-8,11-13,16H,9-10H2,1H3,(H,21,22,24). The summed E-state index contributed by atoms with van der Waals surface area (Å²) >= 11 is 1.34. The molecule has 8 heteroatoms. The van der Waals surface area contributed by atoms with Gasteiger partial charge in [-0.1, -0.05) is 30.3 Å². The van der Waals surface area contributed by atoms with E-state index in [1.54, 1.807) is 7.05 Å². The highest BCUT2D eigenvalue weighted by Crippen LogP contribution is 2.30. The second-order valence-corrected chi connectivity index (χ2v) is 9.49. The van der Waals surface area contributed by atoms with E-state index in [0.29, 0.717) is 10.7 Å². The van der Waals surface area contributed by atoms with E-state index in [1.165, 1.54) is 39.9 Å². The summed E-state index contributed by atoms with van der Waals surface area (Å²) in [6.45, 7) is 0. The van der Waals surface area contributed by atoms with Gasteiger partial charge < -0.3 is 0 Å². The molecule has 1 aliphatic rings. The van der Waals surface area contributed by atoms with Crippen molar-refractivity contribution in [3.05, 3.63) is 65.5 Å². The monoisotopic (exact) mass is 413 g/mol. The number of nitrogens with zero attached hydrogens (tertiary/aromatic N) is 2. The van der Waals surface area contributed by atoms with E-state index in [9.17, 15) is 13.2 Å². The van der Waals surface area contributed by atoms with Gasteiger partial charge >= 0.3 is 0 Å². The predicted molar refractivity (Wildman–Crippen MR) is 110 cm³/mol. The summed E-state index contributed by atoms with van der Waals surface area (Å²) in [7, 11) is -1.92. The fraction of sp³-hybridized carbons (Fsp3) is 0.200. The summed E-state index contributed by atoms with van der Waals surface area (Å²) in [6.07, 6.45) is 1.80. The molecule has 0 bridgehead atoms. The molecule has 0 atom stereocenters. The number of aromatic nitrogens is 1. The maximum atomic E-state index is 12.5. The largest absolute Gasteiger partial charge is 0.298 e. The molecule has 1 saturated carbocycles. The number of thiazole rings is 1.